The molecule has 0 unspecified atom stereocenters. The van der Waals surface area contributed by atoms with Gasteiger partial charge in [0.05, 0.1) is 0 Å². The number of alkyl halides is 1. The fourth-order valence-electron chi connectivity index (χ4n) is 1.80. The SMILES string of the molecule is [CH2]C1(F)CCN(c2ccccc2)CC1. The molecule has 0 bridgehead atoms. The lowest BCUT2D eigenvalue weighted by Gasteiger charge is -2.35. The van der Waals surface area contributed by atoms with E-state index in [0.29, 0.717) is 12.8 Å². The van der Waals surface area contributed by atoms with Crippen molar-refractivity contribution in [2.24, 2.45) is 0 Å². The third-order valence-electron chi connectivity index (χ3n) is 2.78. The van der Waals surface area contributed by atoms with Crippen LogP contribution in [0.4, 0.5) is 10.1 Å². The second-order valence-electron chi connectivity index (χ2n) is 3.97. The first-order valence-electron chi connectivity index (χ1n) is 5.02. The van der Waals surface area contributed by atoms with E-state index in [4.69, 9.17) is 0 Å². The first kappa shape index (κ1) is 9.50. The van der Waals surface area contributed by atoms with Gasteiger partial charge in [0, 0.05) is 18.8 Å². The van der Waals surface area contributed by atoms with Gasteiger partial charge in [-0.25, -0.2) is 4.39 Å². The van der Waals surface area contributed by atoms with Crippen LogP contribution in [0.5, 0.6) is 0 Å². The Balaban J connectivity index is 2.03. The Morgan fingerprint density at radius 3 is 2.29 bits per heavy atom. The van der Waals surface area contributed by atoms with E-state index < -0.39 is 5.67 Å². The van der Waals surface area contributed by atoms with Crippen molar-refractivity contribution < 1.29 is 4.39 Å². The maximum Gasteiger partial charge on any atom is 0.114 e. The smallest absolute Gasteiger partial charge is 0.114 e. The highest BCUT2D eigenvalue weighted by Gasteiger charge is 2.29. The third kappa shape index (κ3) is 2.06. The summed E-state index contributed by atoms with van der Waals surface area (Å²) in [4.78, 5) is 2.21. The average Bonchev–Trinajstić information content (AvgIpc) is 2.19. The average molecular weight is 192 g/mol. The number of benzene rings is 1. The predicted octanol–water partition coefficient (Wildman–Crippen LogP) is 2.83. The summed E-state index contributed by atoms with van der Waals surface area (Å²) in [5.41, 5.74) is -0.0198. The summed E-state index contributed by atoms with van der Waals surface area (Å²) in [6.07, 6.45) is 1.06. The molecule has 0 amide bonds. The molecule has 75 valence electrons. The highest BCUT2D eigenvalue weighted by Crippen LogP contribution is 2.28. The standard InChI is InChI=1S/C12H15FN/c1-12(13)7-9-14(10-8-12)11-5-3-2-4-6-11/h2-6H,1,7-10H2. The highest BCUT2D eigenvalue weighted by molar-refractivity contribution is 5.46. The van der Waals surface area contributed by atoms with Crippen molar-refractivity contribution in [3.63, 3.8) is 0 Å². The monoisotopic (exact) mass is 192 g/mol. The summed E-state index contributed by atoms with van der Waals surface area (Å²) in [6, 6.07) is 10.1. The molecule has 1 radical (unpaired) electrons. The molecule has 0 spiro atoms. The number of piperidine rings is 1. The number of hydrogen-bond donors (Lipinski definition) is 0. The zero-order chi connectivity index (χ0) is 10.0. The van der Waals surface area contributed by atoms with Crippen LogP contribution in [0.15, 0.2) is 30.3 Å². The van der Waals surface area contributed by atoms with Crippen LogP contribution in [-0.4, -0.2) is 18.8 Å². The summed E-state index contributed by atoms with van der Waals surface area (Å²) in [5, 5.41) is 0. The van der Waals surface area contributed by atoms with Crippen molar-refractivity contribution >= 4 is 5.69 Å². The second-order valence-corrected chi connectivity index (χ2v) is 3.97. The summed E-state index contributed by atoms with van der Waals surface area (Å²) in [6.45, 7) is 5.10. The fourth-order valence-corrected chi connectivity index (χ4v) is 1.80. The van der Waals surface area contributed by atoms with Gasteiger partial charge in [-0.2, -0.15) is 0 Å². The number of anilines is 1. The van der Waals surface area contributed by atoms with Gasteiger partial charge in [0.2, 0.25) is 0 Å². The van der Waals surface area contributed by atoms with E-state index >= 15 is 0 Å². The van der Waals surface area contributed by atoms with Crippen LogP contribution in [0.1, 0.15) is 12.8 Å². The lowest BCUT2D eigenvalue weighted by atomic mass is 9.95. The number of rotatable bonds is 1. The summed E-state index contributed by atoms with van der Waals surface area (Å²) in [5.74, 6) is 0. The Morgan fingerprint density at radius 2 is 1.71 bits per heavy atom. The molecule has 0 aliphatic carbocycles. The predicted molar refractivity (Wildman–Crippen MR) is 57.1 cm³/mol. The maximum atomic E-state index is 13.4. The molecular formula is C12H15FN. The van der Waals surface area contributed by atoms with Gasteiger partial charge in [-0.3, -0.25) is 0 Å². The van der Waals surface area contributed by atoms with E-state index in [2.05, 4.69) is 24.0 Å². The van der Waals surface area contributed by atoms with E-state index in [1.807, 2.05) is 18.2 Å². The van der Waals surface area contributed by atoms with Crippen molar-refractivity contribution in [1.29, 1.82) is 0 Å². The lowest BCUT2D eigenvalue weighted by Crippen LogP contribution is -2.40. The van der Waals surface area contributed by atoms with Gasteiger partial charge in [0.1, 0.15) is 5.67 Å². The molecule has 1 aliphatic rings. The van der Waals surface area contributed by atoms with Crippen molar-refractivity contribution in [3.05, 3.63) is 37.3 Å². The van der Waals surface area contributed by atoms with Gasteiger partial charge < -0.3 is 4.90 Å². The minimum Gasteiger partial charge on any atom is -0.371 e. The van der Waals surface area contributed by atoms with Gasteiger partial charge in [-0.05, 0) is 31.9 Å². The van der Waals surface area contributed by atoms with E-state index in [1.54, 1.807) is 0 Å². The fraction of sp³-hybridized carbons (Fsp3) is 0.417. The molecule has 1 fully saturated rings. The number of para-hydroxylation sites is 1. The molecule has 1 aliphatic heterocycles. The van der Waals surface area contributed by atoms with Crippen LogP contribution in [-0.2, 0) is 0 Å². The Morgan fingerprint density at radius 1 is 1.14 bits per heavy atom. The number of halogens is 1. The quantitative estimate of drug-likeness (QED) is 0.661. The van der Waals surface area contributed by atoms with Crippen LogP contribution in [0.3, 0.4) is 0 Å². The molecule has 0 saturated carbocycles. The Kier molecular flexibility index (Phi) is 2.44. The molecule has 1 heterocycles. The van der Waals surface area contributed by atoms with Crippen LogP contribution < -0.4 is 4.90 Å². The molecule has 0 atom stereocenters. The van der Waals surface area contributed by atoms with E-state index in [0.717, 1.165) is 13.1 Å². The lowest BCUT2D eigenvalue weighted by molar-refractivity contribution is 0.181. The minimum absolute atomic E-state index is 0.530. The van der Waals surface area contributed by atoms with Gasteiger partial charge in [0.15, 0.2) is 0 Å². The Labute approximate surface area is 84.5 Å². The van der Waals surface area contributed by atoms with E-state index in [1.165, 1.54) is 5.69 Å². The minimum atomic E-state index is -1.20. The zero-order valence-electron chi connectivity index (χ0n) is 8.25. The highest BCUT2D eigenvalue weighted by atomic mass is 19.1. The first-order valence-corrected chi connectivity index (χ1v) is 5.02. The second kappa shape index (κ2) is 3.60. The molecule has 2 heteroatoms. The number of hydrogen-bond acceptors (Lipinski definition) is 1. The summed E-state index contributed by atoms with van der Waals surface area (Å²) < 4.78 is 13.4. The topological polar surface area (TPSA) is 3.24 Å². The summed E-state index contributed by atoms with van der Waals surface area (Å²) in [7, 11) is 0. The molecule has 2 rings (SSSR count). The van der Waals surface area contributed by atoms with Crippen molar-refractivity contribution in [3.8, 4) is 0 Å². The summed E-state index contributed by atoms with van der Waals surface area (Å²) >= 11 is 0. The molecule has 1 saturated heterocycles. The van der Waals surface area contributed by atoms with Gasteiger partial charge in [0.25, 0.3) is 0 Å². The van der Waals surface area contributed by atoms with Crippen molar-refractivity contribution in [2.45, 2.75) is 18.5 Å². The van der Waals surface area contributed by atoms with Crippen molar-refractivity contribution in [1.82, 2.24) is 0 Å². The van der Waals surface area contributed by atoms with Crippen LogP contribution >= 0.6 is 0 Å². The molecule has 14 heavy (non-hydrogen) atoms. The Bertz CT molecular complexity index is 284. The van der Waals surface area contributed by atoms with Crippen molar-refractivity contribution in [2.75, 3.05) is 18.0 Å². The van der Waals surface area contributed by atoms with E-state index in [-0.39, 0.29) is 0 Å². The largest absolute Gasteiger partial charge is 0.371 e. The molecule has 0 N–H and O–H groups in total. The molecule has 1 nitrogen and oxygen atoms in total. The van der Waals surface area contributed by atoms with Gasteiger partial charge in [-0.1, -0.05) is 18.2 Å². The van der Waals surface area contributed by atoms with Gasteiger partial charge >= 0.3 is 0 Å². The van der Waals surface area contributed by atoms with E-state index in [9.17, 15) is 4.39 Å². The first-order chi connectivity index (χ1) is 6.67. The molecular weight excluding hydrogens is 177 g/mol. The van der Waals surface area contributed by atoms with Crippen LogP contribution in [0, 0.1) is 6.92 Å². The third-order valence-corrected chi connectivity index (χ3v) is 2.78. The normalized spacial score (nSPS) is 20.9. The van der Waals surface area contributed by atoms with Crippen LogP contribution in [0.2, 0.25) is 0 Å². The maximum absolute atomic E-state index is 13.4. The molecule has 1 aromatic carbocycles. The Hall–Kier alpha value is -1.05. The number of nitrogens with zero attached hydrogens (tertiary/aromatic N) is 1. The van der Waals surface area contributed by atoms with Crippen LogP contribution in [0.25, 0.3) is 0 Å². The molecule has 1 aromatic rings. The molecule has 0 aromatic heterocycles. The van der Waals surface area contributed by atoms with Gasteiger partial charge in [-0.15, -0.1) is 0 Å². The zero-order valence-corrected chi connectivity index (χ0v) is 8.25.